The Morgan fingerprint density at radius 2 is 1.27 bits per heavy atom. The molecule has 1 atom stereocenters. The number of aromatic nitrogens is 4. The molecule has 2 aromatic heterocycles. The van der Waals surface area contributed by atoms with Gasteiger partial charge < -0.3 is 22.1 Å². The number of imidazole rings is 2. The summed E-state index contributed by atoms with van der Waals surface area (Å²) in [6, 6.07) is 15.7. The summed E-state index contributed by atoms with van der Waals surface area (Å²) in [5.41, 5.74) is 15.2. The van der Waals surface area contributed by atoms with Crippen LogP contribution < -0.4 is 31.2 Å². The van der Waals surface area contributed by atoms with Gasteiger partial charge in [0.15, 0.2) is 0 Å². The van der Waals surface area contributed by atoms with Gasteiger partial charge in [0.1, 0.15) is 30.2 Å². The summed E-state index contributed by atoms with van der Waals surface area (Å²) in [6.45, 7) is 3.62. The molecule has 0 bridgehead atoms. The number of H-pyrrole nitrogens is 2. The fourth-order valence-corrected chi connectivity index (χ4v) is 4.53. The number of aryl methyl sites for hydroxylation is 3. The fourth-order valence-electron chi connectivity index (χ4n) is 4.23. The molecule has 4 aromatic rings. The van der Waals surface area contributed by atoms with Gasteiger partial charge in [-0.3, -0.25) is 0 Å². The number of hydrogen-bond donors (Lipinski definition) is 6. The number of rotatable bonds is 14. The molecule has 0 saturated heterocycles. The van der Waals surface area contributed by atoms with Gasteiger partial charge in [-0.2, -0.15) is 0 Å². The minimum Gasteiger partial charge on any atom is -0.399 e. The first-order chi connectivity index (χ1) is 17.6. The quantitative estimate of drug-likeness (QED) is 0.0609. The van der Waals surface area contributed by atoms with Gasteiger partial charge in [0, 0.05) is 48.7 Å². The van der Waals surface area contributed by atoms with Crippen molar-refractivity contribution in [1.29, 1.82) is 0 Å². The number of nitrogens with zero attached hydrogens (tertiary/aromatic N) is 2. The van der Waals surface area contributed by atoms with E-state index in [4.69, 9.17) is 23.1 Å². The summed E-state index contributed by atoms with van der Waals surface area (Å²) in [5.74, 6) is 2.24. The number of nitrogen functional groups attached to an aromatic ring is 2. The van der Waals surface area contributed by atoms with Crippen LogP contribution in [0.15, 0.2) is 73.3 Å². The van der Waals surface area contributed by atoms with Crippen molar-refractivity contribution in [3.63, 3.8) is 0 Å². The maximum atomic E-state index is 6.83. The zero-order valence-electron chi connectivity index (χ0n) is 21.0. The number of aromatic amines is 2. The van der Waals surface area contributed by atoms with Crippen LogP contribution >= 0.6 is 24.0 Å². The molecule has 37 heavy (non-hydrogen) atoms. The molecule has 2 aromatic carbocycles. The van der Waals surface area contributed by atoms with Crippen LogP contribution in [-0.2, 0) is 19.5 Å². The standard InChI is InChI=1S/C27H35ClN8.ClH/c28-25(27-34-16-20-36(27)18-2-14-32-24-9-5-22(30)6-10-24)11-12-26-33-15-19-35(26)17-1-13-31-23-7-3-21(29)4-8-23;/h3-10,15-16,19-20,25,31-32H,1-2,11-14,17-18,29-30H2;1H/p+2. The van der Waals surface area contributed by atoms with Gasteiger partial charge in [0.25, 0.3) is 11.6 Å². The van der Waals surface area contributed by atoms with Crippen molar-refractivity contribution in [2.24, 2.45) is 0 Å². The van der Waals surface area contributed by atoms with Crippen LogP contribution in [0.3, 0.4) is 0 Å². The van der Waals surface area contributed by atoms with Crippen molar-refractivity contribution in [3.05, 3.63) is 85.0 Å². The molecule has 0 radical (unpaired) electrons. The Bertz CT molecular complexity index is 1190. The number of nitrogens with two attached hydrogens (primary N) is 2. The lowest BCUT2D eigenvalue weighted by atomic mass is 10.2. The Kier molecular flexibility index (Phi) is 11.0. The number of hydrogen-bond acceptors (Lipinski definition) is 4. The van der Waals surface area contributed by atoms with Crippen LogP contribution in [0.2, 0.25) is 0 Å². The van der Waals surface area contributed by atoms with E-state index in [2.05, 4.69) is 42.1 Å². The Labute approximate surface area is 229 Å². The molecule has 0 saturated carbocycles. The van der Waals surface area contributed by atoms with Gasteiger partial charge in [-0.25, -0.2) is 19.1 Å². The normalized spacial score (nSPS) is 11.6. The van der Waals surface area contributed by atoms with Crippen molar-refractivity contribution in [3.8, 4) is 0 Å². The SMILES string of the molecule is Cl.Nc1ccc(NCCC[n+]2cc[nH]c2CCC(Cl)c2[nH]cc[n+]2CCCNc2ccc(N)cc2)cc1. The van der Waals surface area contributed by atoms with Crippen molar-refractivity contribution in [1.82, 2.24) is 9.97 Å². The molecule has 0 amide bonds. The molecular weight excluding hydrogens is 507 g/mol. The average molecular weight is 546 g/mol. The second-order valence-electron chi connectivity index (χ2n) is 8.95. The van der Waals surface area contributed by atoms with E-state index < -0.39 is 0 Å². The van der Waals surface area contributed by atoms with Crippen LogP contribution in [0.25, 0.3) is 0 Å². The smallest absolute Gasteiger partial charge is 0.272 e. The molecule has 2 heterocycles. The van der Waals surface area contributed by atoms with E-state index in [1.807, 2.05) is 60.9 Å². The third kappa shape index (κ3) is 8.61. The van der Waals surface area contributed by atoms with Crippen molar-refractivity contribution in [2.45, 2.75) is 44.1 Å². The van der Waals surface area contributed by atoms with Crippen LogP contribution in [-0.4, -0.2) is 23.1 Å². The number of alkyl halides is 1. The summed E-state index contributed by atoms with van der Waals surface area (Å²) in [5, 5.41) is 6.79. The van der Waals surface area contributed by atoms with Gasteiger partial charge in [0.05, 0.1) is 19.5 Å². The van der Waals surface area contributed by atoms with Crippen molar-refractivity contribution >= 4 is 46.8 Å². The van der Waals surface area contributed by atoms with E-state index in [0.717, 1.165) is 80.4 Å². The van der Waals surface area contributed by atoms with Gasteiger partial charge in [-0.05, 0) is 55.0 Å². The fraction of sp³-hybridized carbons (Fsp3) is 0.333. The predicted molar refractivity (Wildman–Crippen MR) is 154 cm³/mol. The lowest BCUT2D eigenvalue weighted by molar-refractivity contribution is -0.704. The van der Waals surface area contributed by atoms with Crippen LogP contribution in [0.1, 0.15) is 36.3 Å². The first-order valence-electron chi connectivity index (χ1n) is 12.5. The largest absolute Gasteiger partial charge is 0.399 e. The molecule has 198 valence electrons. The van der Waals surface area contributed by atoms with Gasteiger partial charge in [-0.1, -0.05) is 0 Å². The van der Waals surface area contributed by atoms with E-state index in [9.17, 15) is 0 Å². The highest BCUT2D eigenvalue weighted by molar-refractivity contribution is 6.20. The lowest BCUT2D eigenvalue weighted by Crippen LogP contribution is -2.38. The van der Waals surface area contributed by atoms with Gasteiger partial charge in [-0.15, -0.1) is 24.0 Å². The minimum absolute atomic E-state index is 0. The molecule has 0 aliphatic carbocycles. The first-order valence-corrected chi connectivity index (χ1v) is 13.0. The monoisotopic (exact) mass is 544 g/mol. The number of nitrogens with one attached hydrogen (secondary N) is 4. The van der Waals surface area contributed by atoms with Crippen molar-refractivity contribution in [2.75, 3.05) is 35.2 Å². The van der Waals surface area contributed by atoms with Gasteiger partial charge >= 0.3 is 0 Å². The highest BCUT2D eigenvalue weighted by atomic mass is 35.5. The zero-order chi connectivity index (χ0) is 25.2. The van der Waals surface area contributed by atoms with Crippen LogP contribution in [0.4, 0.5) is 22.7 Å². The summed E-state index contributed by atoms with van der Waals surface area (Å²) in [4.78, 5) is 6.72. The molecule has 10 heteroatoms. The topological polar surface area (TPSA) is 115 Å². The molecule has 0 fully saturated rings. The van der Waals surface area contributed by atoms with E-state index in [0.29, 0.717) is 0 Å². The summed E-state index contributed by atoms with van der Waals surface area (Å²) in [7, 11) is 0. The molecule has 8 nitrogen and oxygen atoms in total. The molecule has 8 N–H and O–H groups in total. The lowest BCUT2D eigenvalue weighted by Gasteiger charge is -2.09. The third-order valence-corrected chi connectivity index (χ3v) is 6.63. The zero-order valence-corrected chi connectivity index (χ0v) is 22.6. The summed E-state index contributed by atoms with van der Waals surface area (Å²) in [6.07, 6.45) is 11.9. The van der Waals surface area contributed by atoms with E-state index >= 15 is 0 Å². The molecule has 0 aliphatic heterocycles. The maximum Gasteiger partial charge on any atom is 0.272 e. The highest BCUT2D eigenvalue weighted by Gasteiger charge is 2.22. The molecular formula is C27H38Cl2N8+2. The third-order valence-electron chi connectivity index (χ3n) is 6.21. The maximum absolute atomic E-state index is 6.83. The van der Waals surface area contributed by atoms with E-state index in [1.54, 1.807) is 0 Å². The Morgan fingerprint density at radius 3 is 1.86 bits per heavy atom. The number of anilines is 4. The Hall–Kier alpha value is -3.36. The Balaban J connectivity index is 0.00000380. The van der Waals surface area contributed by atoms with Crippen LogP contribution in [0.5, 0.6) is 0 Å². The Morgan fingerprint density at radius 1 is 0.757 bits per heavy atom. The second kappa shape index (κ2) is 14.4. The number of halogens is 2. The van der Waals surface area contributed by atoms with Crippen molar-refractivity contribution < 1.29 is 9.13 Å². The first kappa shape index (κ1) is 28.2. The van der Waals surface area contributed by atoms with E-state index in [1.165, 1.54) is 5.82 Å². The van der Waals surface area contributed by atoms with E-state index in [-0.39, 0.29) is 17.8 Å². The second-order valence-corrected chi connectivity index (χ2v) is 9.48. The van der Waals surface area contributed by atoms with Crippen LogP contribution in [0, 0.1) is 0 Å². The summed E-state index contributed by atoms with van der Waals surface area (Å²) >= 11 is 6.83. The average Bonchev–Trinajstić information content (AvgIpc) is 3.54. The minimum atomic E-state index is -0.0889. The molecule has 0 spiro atoms. The highest BCUT2D eigenvalue weighted by Crippen LogP contribution is 2.21. The molecule has 0 aliphatic rings. The predicted octanol–water partition coefficient (Wildman–Crippen LogP) is 4.42. The summed E-state index contributed by atoms with van der Waals surface area (Å²) < 4.78 is 4.49. The molecule has 1 unspecified atom stereocenters. The number of benzene rings is 2. The molecule has 4 rings (SSSR count). The van der Waals surface area contributed by atoms with Gasteiger partial charge in [0.2, 0.25) is 0 Å².